The monoisotopic (exact) mass is 397 g/mol. The average Bonchev–Trinajstić information content (AvgIpc) is 2.94. The zero-order chi connectivity index (χ0) is 20.3. The van der Waals surface area contributed by atoms with Crippen LogP contribution in [0.4, 0.5) is 5.69 Å². The minimum atomic E-state index is -1.43. The molecule has 0 fully saturated rings. The van der Waals surface area contributed by atoms with Crippen molar-refractivity contribution >= 4 is 41.1 Å². The van der Waals surface area contributed by atoms with Crippen molar-refractivity contribution in [1.29, 1.82) is 0 Å². The molecule has 1 heterocycles. The number of nitrogens with one attached hydrogen (secondary N) is 1. The van der Waals surface area contributed by atoms with Crippen molar-refractivity contribution in [2.45, 2.75) is 12.5 Å². The Morgan fingerprint density at radius 2 is 1.61 bits per heavy atom. The second kappa shape index (κ2) is 8.26. The van der Waals surface area contributed by atoms with E-state index in [9.17, 15) is 24.3 Å². The first kappa shape index (κ1) is 19.6. The van der Waals surface area contributed by atoms with E-state index in [0.29, 0.717) is 5.75 Å². The molecule has 144 valence electrons. The van der Waals surface area contributed by atoms with Gasteiger partial charge >= 0.3 is 0 Å². The van der Waals surface area contributed by atoms with Gasteiger partial charge < -0.3 is 15.2 Å². The van der Waals surface area contributed by atoms with Crippen LogP contribution in [-0.4, -0.2) is 46.6 Å². The molecule has 1 N–H and O–H groups in total. The van der Waals surface area contributed by atoms with Gasteiger partial charge in [0, 0.05) is 11.3 Å². The van der Waals surface area contributed by atoms with Gasteiger partial charge in [-0.2, -0.15) is 11.8 Å². The molecule has 1 atom stereocenters. The second-order valence-electron chi connectivity index (χ2n) is 6.15. The lowest BCUT2D eigenvalue weighted by atomic mass is 10.1. The minimum absolute atomic E-state index is 0.0539. The number of amides is 3. The summed E-state index contributed by atoms with van der Waals surface area (Å²) < 4.78 is 0. The van der Waals surface area contributed by atoms with Crippen molar-refractivity contribution in [3.63, 3.8) is 0 Å². The fourth-order valence-electron chi connectivity index (χ4n) is 3.08. The van der Waals surface area contributed by atoms with Crippen LogP contribution >= 0.6 is 11.8 Å². The van der Waals surface area contributed by atoms with E-state index in [1.807, 2.05) is 6.26 Å². The molecule has 2 aromatic carbocycles. The van der Waals surface area contributed by atoms with E-state index in [1.165, 1.54) is 30.0 Å². The number of fused-ring (bicyclic) bond motifs is 1. The number of anilines is 1. The third kappa shape index (κ3) is 3.63. The van der Waals surface area contributed by atoms with E-state index in [-0.39, 0.29) is 28.8 Å². The molecule has 2 aromatic rings. The maximum atomic E-state index is 12.9. The number of carbonyl (C=O) groups is 4. The summed E-state index contributed by atoms with van der Waals surface area (Å²) in [6.45, 7) is 0. The molecular formula is C20H17N2O5S-. The van der Waals surface area contributed by atoms with Crippen molar-refractivity contribution in [3.8, 4) is 0 Å². The van der Waals surface area contributed by atoms with Crippen LogP contribution in [0.15, 0.2) is 48.5 Å². The van der Waals surface area contributed by atoms with Gasteiger partial charge in [-0.25, -0.2) is 0 Å². The molecule has 3 rings (SSSR count). The standard InChI is InChI=1S/C20H18N2O5S/c1-28-11-10-16(17(23)21-15-9-5-4-8-14(15)20(26)27)22-18(24)12-6-2-3-7-13(12)19(22)25/h2-9,16H,10-11H2,1H3,(H,21,23)(H,26,27)/p-1/t16-/m0/s1. The number of carboxylic acid groups (broad SMARTS) is 1. The molecule has 7 nitrogen and oxygen atoms in total. The lowest BCUT2D eigenvalue weighted by Crippen LogP contribution is -2.47. The molecule has 0 bridgehead atoms. The average molecular weight is 397 g/mol. The van der Waals surface area contributed by atoms with Gasteiger partial charge in [-0.15, -0.1) is 0 Å². The van der Waals surface area contributed by atoms with Crippen LogP contribution in [0.1, 0.15) is 37.5 Å². The number of aromatic carboxylic acids is 1. The highest BCUT2D eigenvalue weighted by atomic mass is 32.2. The Bertz CT molecular complexity index is 924. The van der Waals surface area contributed by atoms with Crippen LogP contribution in [0.25, 0.3) is 0 Å². The summed E-state index contributed by atoms with van der Waals surface area (Å²) in [4.78, 5) is 50.7. The first-order chi connectivity index (χ1) is 13.5. The number of thioether (sulfide) groups is 1. The summed E-state index contributed by atoms with van der Waals surface area (Å²) in [5.74, 6) is -2.59. The summed E-state index contributed by atoms with van der Waals surface area (Å²) in [5.41, 5.74) is 0.384. The molecule has 1 aliphatic heterocycles. The van der Waals surface area contributed by atoms with E-state index in [1.54, 1.807) is 30.3 Å². The van der Waals surface area contributed by atoms with Gasteiger partial charge in [0.05, 0.1) is 17.1 Å². The number of hydrogen-bond acceptors (Lipinski definition) is 6. The molecule has 3 amide bonds. The molecule has 0 spiro atoms. The first-order valence-corrected chi connectivity index (χ1v) is 9.92. The van der Waals surface area contributed by atoms with E-state index < -0.39 is 29.7 Å². The molecule has 0 radical (unpaired) electrons. The number of nitrogens with zero attached hydrogens (tertiary/aromatic N) is 1. The van der Waals surface area contributed by atoms with Gasteiger partial charge in [0.1, 0.15) is 6.04 Å². The number of hydrogen-bond donors (Lipinski definition) is 1. The van der Waals surface area contributed by atoms with Crippen molar-refractivity contribution in [3.05, 3.63) is 65.2 Å². The zero-order valence-corrected chi connectivity index (χ0v) is 15.8. The number of carboxylic acids is 1. The normalized spacial score (nSPS) is 14.0. The van der Waals surface area contributed by atoms with Crippen molar-refractivity contribution in [2.75, 3.05) is 17.3 Å². The van der Waals surface area contributed by atoms with Gasteiger partial charge in [-0.05, 0) is 36.6 Å². The van der Waals surface area contributed by atoms with Crippen LogP contribution in [-0.2, 0) is 4.79 Å². The molecule has 0 unspecified atom stereocenters. The topological polar surface area (TPSA) is 107 Å². The smallest absolute Gasteiger partial charge is 0.262 e. The second-order valence-corrected chi connectivity index (χ2v) is 7.13. The van der Waals surface area contributed by atoms with Gasteiger partial charge in [0.15, 0.2) is 0 Å². The highest BCUT2D eigenvalue weighted by Gasteiger charge is 2.42. The maximum absolute atomic E-state index is 12.9. The molecule has 8 heteroatoms. The molecular weight excluding hydrogens is 380 g/mol. The predicted octanol–water partition coefficient (Wildman–Crippen LogP) is 1.41. The number of para-hydroxylation sites is 1. The highest BCUT2D eigenvalue weighted by Crippen LogP contribution is 2.27. The minimum Gasteiger partial charge on any atom is -0.545 e. The maximum Gasteiger partial charge on any atom is 0.262 e. The Labute approximate surface area is 165 Å². The fraction of sp³-hybridized carbons (Fsp3) is 0.200. The van der Waals surface area contributed by atoms with Crippen LogP contribution in [0.3, 0.4) is 0 Å². The summed E-state index contributed by atoms with van der Waals surface area (Å²) >= 11 is 1.47. The Hall–Kier alpha value is -3.13. The summed E-state index contributed by atoms with van der Waals surface area (Å²) in [5, 5.41) is 13.8. The number of benzene rings is 2. The third-order valence-corrected chi connectivity index (χ3v) is 5.08. The van der Waals surface area contributed by atoms with Gasteiger partial charge in [0.25, 0.3) is 11.8 Å². The largest absolute Gasteiger partial charge is 0.545 e. The van der Waals surface area contributed by atoms with Gasteiger partial charge in [-0.1, -0.05) is 30.3 Å². The van der Waals surface area contributed by atoms with Crippen LogP contribution < -0.4 is 10.4 Å². The lowest BCUT2D eigenvalue weighted by molar-refractivity contribution is -0.254. The van der Waals surface area contributed by atoms with Crippen molar-refractivity contribution in [2.24, 2.45) is 0 Å². The molecule has 0 aliphatic carbocycles. The molecule has 0 aromatic heterocycles. The highest BCUT2D eigenvalue weighted by molar-refractivity contribution is 7.98. The SMILES string of the molecule is CSCC[C@@H](C(=O)Nc1ccccc1C(=O)[O-])N1C(=O)c2ccccc2C1=O. The molecule has 28 heavy (non-hydrogen) atoms. The van der Waals surface area contributed by atoms with E-state index in [4.69, 9.17) is 0 Å². The Morgan fingerprint density at radius 1 is 1.04 bits per heavy atom. The van der Waals surface area contributed by atoms with Gasteiger partial charge in [0.2, 0.25) is 5.91 Å². The van der Waals surface area contributed by atoms with Gasteiger partial charge in [-0.3, -0.25) is 19.3 Å². The quantitative estimate of drug-likeness (QED) is 0.708. The zero-order valence-electron chi connectivity index (χ0n) is 15.0. The third-order valence-electron chi connectivity index (χ3n) is 4.44. The Morgan fingerprint density at radius 3 is 2.18 bits per heavy atom. The first-order valence-electron chi connectivity index (χ1n) is 8.52. The van der Waals surface area contributed by atoms with Crippen LogP contribution in [0.5, 0.6) is 0 Å². The number of imide groups is 1. The van der Waals surface area contributed by atoms with E-state index in [2.05, 4.69) is 5.32 Å². The molecule has 1 aliphatic rings. The molecule has 0 saturated carbocycles. The number of carbonyl (C=O) groups excluding carboxylic acids is 4. The lowest BCUT2D eigenvalue weighted by Gasteiger charge is -2.25. The van der Waals surface area contributed by atoms with E-state index >= 15 is 0 Å². The summed E-state index contributed by atoms with van der Waals surface area (Å²) in [6.07, 6.45) is 2.09. The van der Waals surface area contributed by atoms with Crippen LogP contribution in [0.2, 0.25) is 0 Å². The Kier molecular flexibility index (Phi) is 5.79. The summed E-state index contributed by atoms with van der Waals surface area (Å²) in [6, 6.07) is 11.2. The van der Waals surface area contributed by atoms with Crippen molar-refractivity contribution in [1.82, 2.24) is 4.90 Å². The fourth-order valence-corrected chi connectivity index (χ4v) is 3.54. The Balaban J connectivity index is 1.91. The summed E-state index contributed by atoms with van der Waals surface area (Å²) in [7, 11) is 0. The number of rotatable bonds is 7. The predicted molar refractivity (Wildman–Crippen MR) is 103 cm³/mol. The molecule has 0 saturated heterocycles. The van der Waals surface area contributed by atoms with Crippen molar-refractivity contribution < 1.29 is 24.3 Å². The van der Waals surface area contributed by atoms with Crippen LogP contribution in [0, 0.1) is 0 Å². The van der Waals surface area contributed by atoms with E-state index in [0.717, 1.165) is 4.90 Å².